The third-order valence-electron chi connectivity index (χ3n) is 4.37. The summed E-state index contributed by atoms with van der Waals surface area (Å²) in [6.07, 6.45) is 1.66. The topological polar surface area (TPSA) is 110 Å². The maximum absolute atomic E-state index is 12.9. The summed E-state index contributed by atoms with van der Waals surface area (Å²) < 4.78 is 25.6. The van der Waals surface area contributed by atoms with Gasteiger partial charge in [-0.05, 0) is 37.5 Å². The summed E-state index contributed by atoms with van der Waals surface area (Å²) in [6.45, 7) is 5.26. The number of carbonyl (C=O) groups excluding carboxylic acids is 1. The molecular weight excluding hydrogens is 382 g/mol. The average Bonchev–Trinajstić information content (AvgIpc) is 2.62. The molecule has 2 aromatic rings. The SMILES string of the molecule is CCc1cccc(C)c1NC(=O)[C@H](C)N(c1cccc([N+](=O)[O-])c1)S(C)(=O)=O. The Morgan fingerprint density at radius 1 is 1.25 bits per heavy atom. The molecule has 9 heteroatoms. The Balaban J connectivity index is 2.42. The van der Waals surface area contributed by atoms with Crippen LogP contribution in [-0.4, -0.2) is 31.5 Å². The average molecular weight is 405 g/mol. The first kappa shape index (κ1) is 21.4. The lowest BCUT2D eigenvalue weighted by atomic mass is 10.1. The third kappa shape index (κ3) is 4.66. The zero-order valence-corrected chi connectivity index (χ0v) is 17.0. The molecule has 8 nitrogen and oxygen atoms in total. The summed E-state index contributed by atoms with van der Waals surface area (Å²) in [4.78, 5) is 23.3. The van der Waals surface area contributed by atoms with Crippen LogP contribution in [0.15, 0.2) is 42.5 Å². The van der Waals surface area contributed by atoms with Gasteiger partial charge in [0, 0.05) is 17.8 Å². The fourth-order valence-corrected chi connectivity index (χ4v) is 4.15. The van der Waals surface area contributed by atoms with Gasteiger partial charge in [0.05, 0.1) is 16.9 Å². The predicted molar refractivity (Wildman–Crippen MR) is 109 cm³/mol. The first-order valence-electron chi connectivity index (χ1n) is 8.69. The molecule has 0 saturated heterocycles. The van der Waals surface area contributed by atoms with E-state index in [0.29, 0.717) is 12.1 Å². The number of nitrogens with one attached hydrogen (secondary N) is 1. The summed E-state index contributed by atoms with van der Waals surface area (Å²) in [5.41, 5.74) is 2.24. The number of carbonyl (C=O) groups is 1. The second-order valence-corrected chi connectivity index (χ2v) is 8.32. The molecule has 0 aromatic heterocycles. The molecule has 0 unspecified atom stereocenters. The van der Waals surface area contributed by atoms with Crippen LogP contribution >= 0.6 is 0 Å². The number of nitro benzene ring substituents is 1. The lowest BCUT2D eigenvalue weighted by Gasteiger charge is -2.28. The first-order valence-corrected chi connectivity index (χ1v) is 10.5. The van der Waals surface area contributed by atoms with E-state index < -0.39 is 26.9 Å². The molecule has 0 spiro atoms. The molecule has 0 radical (unpaired) electrons. The number of amides is 1. The number of nitrogens with zero attached hydrogens (tertiary/aromatic N) is 2. The van der Waals surface area contributed by atoms with Gasteiger partial charge in [-0.1, -0.05) is 31.2 Å². The van der Waals surface area contributed by atoms with Gasteiger partial charge in [0.2, 0.25) is 15.9 Å². The van der Waals surface area contributed by atoms with Crippen molar-refractivity contribution in [1.29, 1.82) is 0 Å². The highest BCUT2D eigenvalue weighted by atomic mass is 32.2. The Hall–Kier alpha value is -2.94. The summed E-state index contributed by atoms with van der Waals surface area (Å²) >= 11 is 0. The number of rotatable bonds is 7. The summed E-state index contributed by atoms with van der Waals surface area (Å²) in [5, 5.41) is 13.8. The minimum Gasteiger partial charge on any atom is -0.324 e. The van der Waals surface area contributed by atoms with Crippen molar-refractivity contribution in [2.75, 3.05) is 15.9 Å². The van der Waals surface area contributed by atoms with Crippen LogP contribution in [0.5, 0.6) is 0 Å². The predicted octanol–water partition coefficient (Wildman–Crippen LogP) is 3.26. The van der Waals surface area contributed by atoms with Crippen molar-refractivity contribution in [3.05, 3.63) is 63.7 Å². The third-order valence-corrected chi connectivity index (χ3v) is 5.61. The minimum atomic E-state index is -3.87. The number of para-hydroxylation sites is 1. The van der Waals surface area contributed by atoms with Crippen LogP contribution in [0.3, 0.4) is 0 Å². The van der Waals surface area contributed by atoms with E-state index in [0.717, 1.165) is 27.8 Å². The zero-order chi connectivity index (χ0) is 21.1. The number of hydrogen-bond acceptors (Lipinski definition) is 5. The van der Waals surface area contributed by atoms with Crippen molar-refractivity contribution in [2.45, 2.75) is 33.2 Å². The number of sulfonamides is 1. The molecule has 2 aromatic carbocycles. The number of anilines is 2. The van der Waals surface area contributed by atoms with E-state index in [1.807, 2.05) is 32.0 Å². The Kier molecular flexibility index (Phi) is 6.40. The van der Waals surface area contributed by atoms with Crippen molar-refractivity contribution in [3.8, 4) is 0 Å². The van der Waals surface area contributed by atoms with E-state index in [-0.39, 0.29) is 11.4 Å². The Bertz CT molecular complexity index is 1000. The van der Waals surface area contributed by atoms with Gasteiger partial charge in [0.25, 0.3) is 5.69 Å². The molecule has 1 amide bonds. The van der Waals surface area contributed by atoms with Gasteiger partial charge in [0.15, 0.2) is 0 Å². The molecule has 2 rings (SSSR count). The normalized spacial score (nSPS) is 12.3. The molecule has 0 fully saturated rings. The van der Waals surface area contributed by atoms with Crippen LogP contribution in [0.2, 0.25) is 0 Å². The molecular formula is C19H23N3O5S. The number of aryl methyl sites for hydroxylation is 2. The highest BCUT2D eigenvalue weighted by Crippen LogP contribution is 2.27. The quantitative estimate of drug-likeness (QED) is 0.562. The number of benzene rings is 2. The molecule has 0 aliphatic carbocycles. The van der Waals surface area contributed by atoms with Crippen LogP contribution in [0.25, 0.3) is 0 Å². The van der Waals surface area contributed by atoms with E-state index in [2.05, 4.69) is 5.32 Å². The van der Waals surface area contributed by atoms with Gasteiger partial charge in [-0.25, -0.2) is 8.42 Å². The standard InChI is InChI=1S/C19H23N3O5S/c1-5-15-9-6-8-13(2)18(15)20-19(23)14(3)21(28(4,26)27)16-10-7-11-17(12-16)22(24)25/h6-12,14H,5H2,1-4H3,(H,20,23)/t14-/m0/s1. The zero-order valence-electron chi connectivity index (χ0n) is 16.2. The molecule has 150 valence electrons. The molecule has 0 aliphatic heterocycles. The number of hydrogen-bond donors (Lipinski definition) is 1. The molecule has 0 bridgehead atoms. The highest BCUT2D eigenvalue weighted by molar-refractivity contribution is 7.92. The van der Waals surface area contributed by atoms with E-state index in [1.165, 1.54) is 25.1 Å². The van der Waals surface area contributed by atoms with E-state index in [9.17, 15) is 23.3 Å². The van der Waals surface area contributed by atoms with Crippen LogP contribution in [0.1, 0.15) is 25.0 Å². The lowest BCUT2D eigenvalue weighted by molar-refractivity contribution is -0.384. The minimum absolute atomic E-state index is 0.0554. The lowest BCUT2D eigenvalue weighted by Crippen LogP contribution is -2.45. The van der Waals surface area contributed by atoms with Crippen LogP contribution in [0, 0.1) is 17.0 Å². The summed E-state index contributed by atoms with van der Waals surface area (Å²) in [5.74, 6) is -0.527. The van der Waals surface area contributed by atoms with Gasteiger partial charge in [0.1, 0.15) is 6.04 Å². The molecule has 1 atom stereocenters. The molecule has 0 saturated carbocycles. The van der Waals surface area contributed by atoms with Crippen molar-refractivity contribution in [1.82, 2.24) is 0 Å². The highest BCUT2D eigenvalue weighted by Gasteiger charge is 2.30. The maximum atomic E-state index is 12.9. The van der Waals surface area contributed by atoms with E-state index >= 15 is 0 Å². The molecule has 0 aliphatic rings. The van der Waals surface area contributed by atoms with Gasteiger partial charge in [-0.3, -0.25) is 19.2 Å². The van der Waals surface area contributed by atoms with Crippen LogP contribution < -0.4 is 9.62 Å². The molecule has 28 heavy (non-hydrogen) atoms. The van der Waals surface area contributed by atoms with Crippen molar-refractivity contribution in [3.63, 3.8) is 0 Å². The summed E-state index contributed by atoms with van der Waals surface area (Å²) in [7, 11) is -3.87. The number of non-ortho nitro benzene ring substituents is 1. The second-order valence-electron chi connectivity index (χ2n) is 6.46. The first-order chi connectivity index (χ1) is 13.1. The van der Waals surface area contributed by atoms with Gasteiger partial charge in [-0.15, -0.1) is 0 Å². The van der Waals surface area contributed by atoms with Gasteiger partial charge < -0.3 is 5.32 Å². The Morgan fingerprint density at radius 3 is 2.46 bits per heavy atom. The Morgan fingerprint density at radius 2 is 1.89 bits per heavy atom. The van der Waals surface area contributed by atoms with Crippen molar-refractivity contribution < 1.29 is 18.1 Å². The van der Waals surface area contributed by atoms with Crippen molar-refractivity contribution in [2.24, 2.45) is 0 Å². The van der Waals surface area contributed by atoms with Crippen molar-refractivity contribution >= 4 is 33.0 Å². The Labute approximate surface area is 164 Å². The van der Waals surface area contributed by atoms with Gasteiger partial charge >= 0.3 is 0 Å². The fourth-order valence-electron chi connectivity index (χ4n) is 2.98. The maximum Gasteiger partial charge on any atom is 0.271 e. The van der Waals surface area contributed by atoms with Crippen LogP contribution in [-0.2, 0) is 21.2 Å². The number of nitro groups is 1. The van der Waals surface area contributed by atoms with E-state index in [4.69, 9.17) is 0 Å². The van der Waals surface area contributed by atoms with Crippen LogP contribution in [0.4, 0.5) is 17.1 Å². The fraction of sp³-hybridized carbons (Fsp3) is 0.316. The second kappa shape index (κ2) is 8.39. The molecule has 0 heterocycles. The largest absolute Gasteiger partial charge is 0.324 e. The van der Waals surface area contributed by atoms with E-state index in [1.54, 1.807) is 0 Å². The smallest absolute Gasteiger partial charge is 0.271 e. The monoisotopic (exact) mass is 405 g/mol. The van der Waals surface area contributed by atoms with Gasteiger partial charge in [-0.2, -0.15) is 0 Å². The molecule has 1 N–H and O–H groups in total. The summed E-state index contributed by atoms with van der Waals surface area (Å²) in [6, 6.07) is 9.72.